The summed E-state index contributed by atoms with van der Waals surface area (Å²) in [6.07, 6.45) is 0.136. The summed E-state index contributed by atoms with van der Waals surface area (Å²) in [5, 5.41) is 0. The minimum absolute atomic E-state index is 0.379. The number of hydrogen-bond acceptors (Lipinski definition) is 4. The highest BCUT2D eigenvalue weighted by atomic mass is 79.9. The molecule has 0 saturated heterocycles. The number of carbonyl (C=O) groups is 1. The lowest BCUT2D eigenvalue weighted by atomic mass is 9.97. The first kappa shape index (κ1) is 12.4. The summed E-state index contributed by atoms with van der Waals surface area (Å²) in [4.78, 5) is 11.6. The zero-order valence-electron chi connectivity index (χ0n) is 9.66. The monoisotopic (exact) mass is 300 g/mol. The van der Waals surface area contributed by atoms with Gasteiger partial charge in [-0.05, 0) is 45.6 Å². The van der Waals surface area contributed by atoms with Crippen LogP contribution in [-0.4, -0.2) is 26.8 Å². The maximum absolute atomic E-state index is 11.6. The second kappa shape index (κ2) is 5.06. The zero-order chi connectivity index (χ0) is 12.4. The van der Waals surface area contributed by atoms with E-state index >= 15 is 0 Å². The van der Waals surface area contributed by atoms with Crippen LogP contribution in [0.3, 0.4) is 0 Å². The van der Waals surface area contributed by atoms with Crippen molar-refractivity contribution >= 4 is 21.9 Å². The van der Waals surface area contributed by atoms with E-state index in [1.807, 2.05) is 12.1 Å². The maximum Gasteiger partial charge on any atom is 0.339 e. The van der Waals surface area contributed by atoms with Crippen LogP contribution in [0.4, 0.5) is 0 Å². The molecule has 1 aromatic carbocycles. The summed E-state index contributed by atoms with van der Waals surface area (Å²) in [7, 11) is 2.94. The molecule has 0 aliphatic carbocycles. The van der Waals surface area contributed by atoms with Crippen molar-refractivity contribution in [3.63, 3.8) is 0 Å². The Hall–Kier alpha value is -1.07. The Labute approximate surface area is 108 Å². The largest absolute Gasteiger partial charge is 0.496 e. The number of methoxy groups -OCH3 is 2. The van der Waals surface area contributed by atoms with Gasteiger partial charge in [0.2, 0.25) is 0 Å². The molecule has 5 heteroatoms. The minimum Gasteiger partial charge on any atom is -0.496 e. The molecule has 0 spiro atoms. The van der Waals surface area contributed by atoms with Crippen molar-refractivity contribution in [2.45, 2.75) is 12.5 Å². The summed E-state index contributed by atoms with van der Waals surface area (Å²) in [5.74, 6) is 0.304. The molecule has 0 saturated carbocycles. The quantitative estimate of drug-likeness (QED) is 0.786. The van der Waals surface area contributed by atoms with Gasteiger partial charge in [0.1, 0.15) is 5.75 Å². The molecule has 0 bridgehead atoms. The number of rotatable bonds is 2. The Bertz CT molecular complexity index is 444. The SMILES string of the molecule is COC(=O)C1OCCc2cc(Br)c(OC)cc21. The highest BCUT2D eigenvalue weighted by Gasteiger charge is 2.29. The van der Waals surface area contributed by atoms with Crippen LogP contribution < -0.4 is 4.74 Å². The second-order valence-electron chi connectivity index (χ2n) is 3.71. The van der Waals surface area contributed by atoms with Gasteiger partial charge in [0.25, 0.3) is 0 Å². The van der Waals surface area contributed by atoms with Crippen LogP contribution >= 0.6 is 15.9 Å². The molecule has 0 amide bonds. The van der Waals surface area contributed by atoms with Crippen molar-refractivity contribution in [2.24, 2.45) is 0 Å². The zero-order valence-corrected chi connectivity index (χ0v) is 11.2. The predicted molar refractivity (Wildman–Crippen MR) is 65.1 cm³/mol. The van der Waals surface area contributed by atoms with E-state index in [-0.39, 0.29) is 5.97 Å². The molecule has 1 aromatic rings. The van der Waals surface area contributed by atoms with E-state index in [1.54, 1.807) is 7.11 Å². The van der Waals surface area contributed by atoms with E-state index in [0.717, 1.165) is 22.0 Å². The molecule has 1 unspecified atom stereocenters. The summed E-state index contributed by atoms with van der Waals surface area (Å²) < 4.78 is 16.3. The molecular weight excluding hydrogens is 288 g/mol. The van der Waals surface area contributed by atoms with Gasteiger partial charge >= 0.3 is 5.97 Å². The molecule has 0 radical (unpaired) electrons. The third kappa shape index (κ3) is 2.30. The predicted octanol–water partition coefficient (Wildman–Crippen LogP) is 2.24. The average Bonchev–Trinajstić information content (AvgIpc) is 2.36. The average molecular weight is 301 g/mol. The molecule has 2 rings (SSSR count). The number of benzene rings is 1. The van der Waals surface area contributed by atoms with Crippen molar-refractivity contribution in [3.8, 4) is 5.75 Å². The summed E-state index contributed by atoms with van der Waals surface area (Å²) >= 11 is 3.43. The van der Waals surface area contributed by atoms with Gasteiger partial charge in [-0.1, -0.05) is 0 Å². The molecule has 17 heavy (non-hydrogen) atoms. The molecule has 1 heterocycles. The van der Waals surface area contributed by atoms with Crippen LogP contribution in [0.2, 0.25) is 0 Å². The molecule has 0 N–H and O–H groups in total. The molecule has 0 fully saturated rings. The van der Waals surface area contributed by atoms with Gasteiger partial charge in [-0.15, -0.1) is 0 Å². The lowest BCUT2D eigenvalue weighted by Gasteiger charge is -2.25. The fraction of sp³-hybridized carbons (Fsp3) is 0.417. The first-order valence-electron chi connectivity index (χ1n) is 5.23. The van der Waals surface area contributed by atoms with E-state index in [4.69, 9.17) is 14.2 Å². The number of halogens is 1. The number of carbonyl (C=O) groups excluding carboxylic acids is 1. The minimum atomic E-state index is -0.647. The number of hydrogen-bond donors (Lipinski definition) is 0. The summed E-state index contributed by atoms with van der Waals surface area (Å²) in [6.45, 7) is 0.519. The molecule has 1 atom stereocenters. The van der Waals surface area contributed by atoms with E-state index in [9.17, 15) is 4.79 Å². The maximum atomic E-state index is 11.6. The van der Waals surface area contributed by atoms with Gasteiger partial charge in [-0.3, -0.25) is 0 Å². The number of ether oxygens (including phenoxy) is 3. The van der Waals surface area contributed by atoms with Gasteiger partial charge in [-0.25, -0.2) is 4.79 Å². The third-order valence-electron chi connectivity index (χ3n) is 2.77. The molecule has 4 nitrogen and oxygen atoms in total. The Morgan fingerprint density at radius 3 is 2.88 bits per heavy atom. The smallest absolute Gasteiger partial charge is 0.339 e. The third-order valence-corrected chi connectivity index (χ3v) is 3.39. The van der Waals surface area contributed by atoms with Crippen molar-refractivity contribution in [2.75, 3.05) is 20.8 Å². The first-order chi connectivity index (χ1) is 8.17. The van der Waals surface area contributed by atoms with E-state index in [2.05, 4.69) is 15.9 Å². The summed E-state index contributed by atoms with van der Waals surface area (Å²) in [6, 6.07) is 3.78. The van der Waals surface area contributed by atoms with E-state index in [0.29, 0.717) is 12.4 Å². The lowest BCUT2D eigenvalue weighted by molar-refractivity contribution is -0.155. The van der Waals surface area contributed by atoms with Crippen LogP contribution in [0, 0.1) is 0 Å². The Balaban J connectivity index is 2.46. The van der Waals surface area contributed by atoms with Crippen molar-refractivity contribution < 1.29 is 19.0 Å². The second-order valence-corrected chi connectivity index (χ2v) is 4.56. The van der Waals surface area contributed by atoms with Gasteiger partial charge in [0.05, 0.1) is 25.3 Å². The van der Waals surface area contributed by atoms with Crippen LogP contribution in [0.15, 0.2) is 16.6 Å². The first-order valence-corrected chi connectivity index (χ1v) is 6.02. The summed E-state index contributed by atoms with van der Waals surface area (Å²) in [5.41, 5.74) is 1.91. The highest BCUT2D eigenvalue weighted by Crippen LogP contribution is 2.35. The molecule has 1 aliphatic heterocycles. The van der Waals surface area contributed by atoms with Crippen LogP contribution in [0.25, 0.3) is 0 Å². The standard InChI is InChI=1S/C12H13BrO4/c1-15-10-6-8-7(5-9(10)13)3-4-17-11(8)12(14)16-2/h5-6,11H,3-4H2,1-2H3. The van der Waals surface area contributed by atoms with Crippen LogP contribution in [0.5, 0.6) is 5.75 Å². The van der Waals surface area contributed by atoms with Crippen molar-refractivity contribution in [1.82, 2.24) is 0 Å². The number of fused-ring (bicyclic) bond motifs is 1. The van der Waals surface area contributed by atoms with E-state index < -0.39 is 6.10 Å². The lowest BCUT2D eigenvalue weighted by Crippen LogP contribution is -2.24. The van der Waals surface area contributed by atoms with Crippen LogP contribution in [0.1, 0.15) is 17.2 Å². The van der Waals surface area contributed by atoms with Gasteiger partial charge in [0, 0.05) is 0 Å². The Kier molecular flexibility index (Phi) is 3.69. The van der Waals surface area contributed by atoms with Crippen molar-refractivity contribution in [1.29, 1.82) is 0 Å². The molecule has 0 aromatic heterocycles. The van der Waals surface area contributed by atoms with Crippen LogP contribution in [-0.2, 0) is 20.7 Å². The van der Waals surface area contributed by atoms with Gasteiger partial charge < -0.3 is 14.2 Å². The topological polar surface area (TPSA) is 44.8 Å². The van der Waals surface area contributed by atoms with Crippen molar-refractivity contribution in [3.05, 3.63) is 27.7 Å². The molecule has 1 aliphatic rings. The molecular formula is C12H13BrO4. The Morgan fingerprint density at radius 2 is 2.24 bits per heavy atom. The number of esters is 1. The molecule has 92 valence electrons. The fourth-order valence-electron chi connectivity index (χ4n) is 1.91. The fourth-order valence-corrected chi connectivity index (χ4v) is 2.46. The van der Waals surface area contributed by atoms with E-state index in [1.165, 1.54) is 7.11 Å². The normalized spacial score (nSPS) is 18.4. The Morgan fingerprint density at radius 1 is 1.47 bits per heavy atom. The van der Waals surface area contributed by atoms with Gasteiger partial charge in [0.15, 0.2) is 6.10 Å². The van der Waals surface area contributed by atoms with Gasteiger partial charge in [-0.2, -0.15) is 0 Å². The highest BCUT2D eigenvalue weighted by molar-refractivity contribution is 9.10.